The van der Waals surface area contributed by atoms with E-state index in [4.69, 9.17) is 18.9 Å². The Balaban J connectivity index is 2.02. The zero-order valence-corrected chi connectivity index (χ0v) is 19.4. The molecule has 0 spiro atoms. The van der Waals surface area contributed by atoms with Gasteiger partial charge in [0.1, 0.15) is 5.75 Å². The van der Waals surface area contributed by atoms with Crippen LogP contribution in [0.3, 0.4) is 0 Å². The maximum absolute atomic E-state index is 12.8. The van der Waals surface area contributed by atoms with Crippen LogP contribution in [-0.2, 0) is 9.53 Å². The van der Waals surface area contributed by atoms with Crippen LogP contribution in [0.1, 0.15) is 43.4 Å². The number of urea groups is 1. The van der Waals surface area contributed by atoms with Crippen molar-refractivity contribution in [1.82, 2.24) is 10.6 Å². The molecular formula is C25H30N2O6. The number of esters is 1. The first kappa shape index (κ1) is 24.0. The molecule has 1 unspecified atom stereocenters. The Morgan fingerprint density at radius 3 is 2.36 bits per heavy atom. The number of unbranched alkanes of at least 4 members (excludes halogenated alkanes) is 2. The van der Waals surface area contributed by atoms with Gasteiger partial charge in [0.2, 0.25) is 0 Å². The summed E-state index contributed by atoms with van der Waals surface area (Å²) in [5.74, 6) is 1.23. The summed E-state index contributed by atoms with van der Waals surface area (Å²) >= 11 is 0. The highest BCUT2D eigenvalue weighted by atomic mass is 16.5. The van der Waals surface area contributed by atoms with E-state index in [2.05, 4.69) is 17.6 Å². The number of rotatable bonds is 10. The zero-order chi connectivity index (χ0) is 23.8. The van der Waals surface area contributed by atoms with Crippen molar-refractivity contribution in [2.75, 3.05) is 27.9 Å². The van der Waals surface area contributed by atoms with Gasteiger partial charge in [0, 0.05) is 0 Å². The molecule has 0 saturated heterocycles. The summed E-state index contributed by atoms with van der Waals surface area (Å²) in [4.78, 5) is 25.4. The molecule has 1 aliphatic heterocycles. The Bertz CT molecular complexity index is 1020. The predicted molar refractivity (Wildman–Crippen MR) is 124 cm³/mol. The van der Waals surface area contributed by atoms with Crippen molar-refractivity contribution in [3.8, 4) is 17.2 Å². The average molecular weight is 455 g/mol. The summed E-state index contributed by atoms with van der Waals surface area (Å²) in [7, 11) is 4.43. The number of amides is 2. The molecular weight excluding hydrogens is 424 g/mol. The number of carbonyl (C=O) groups excluding carboxylic acids is 2. The molecule has 0 saturated carbocycles. The second-order valence-electron chi connectivity index (χ2n) is 7.51. The predicted octanol–water partition coefficient (Wildman–Crippen LogP) is 4.21. The lowest BCUT2D eigenvalue weighted by molar-refractivity contribution is -0.136. The molecule has 2 aromatic rings. The minimum atomic E-state index is -0.744. The van der Waals surface area contributed by atoms with E-state index in [1.165, 1.54) is 7.11 Å². The number of benzene rings is 2. The summed E-state index contributed by atoms with van der Waals surface area (Å²) in [6.45, 7) is 2.72. The molecule has 0 aromatic heterocycles. The second kappa shape index (κ2) is 11.3. The highest BCUT2D eigenvalue weighted by Crippen LogP contribution is 2.36. The van der Waals surface area contributed by atoms with Gasteiger partial charge in [0.05, 0.1) is 45.2 Å². The van der Waals surface area contributed by atoms with Crippen molar-refractivity contribution in [2.45, 2.75) is 32.2 Å². The van der Waals surface area contributed by atoms with E-state index in [0.29, 0.717) is 40.7 Å². The third-order valence-corrected chi connectivity index (χ3v) is 5.38. The van der Waals surface area contributed by atoms with E-state index < -0.39 is 18.0 Å². The van der Waals surface area contributed by atoms with Crippen molar-refractivity contribution in [3.05, 3.63) is 59.2 Å². The number of hydrogen-bond donors (Lipinski definition) is 2. The molecule has 1 aliphatic rings. The van der Waals surface area contributed by atoms with Crippen LogP contribution < -0.4 is 24.8 Å². The fourth-order valence-electron chi connectivity index (χ4n) is 3.65. The molecule has 2 aromatic carbocycles. The average Bonchev–Trinajstić information content (AvgIpc) is 2.85. The monoisotopic (exact) mass is 454 g/mol. The van der Waals surface area contributed by atoms with Crippen LogP contribution in [-0.4, -0.2) is 39.9 Å². The maximum atomic E-state index is 12.8. The van der Waals surface area contributed by atoms with Gasteiger partial charge in [-0.05, 0) is 53.9 Å². The molecule has 8 heteroatoms. The Labute approximate surface area is 193 Å². The normalized spacial score (nSPS) is 15.4. The molecule has 2 amide bonds. The molecule has 33 heavy (non-hydrogen) atoms. The first-order valence-electron chi connectivity index (χ1n) is 10.9. The van der Waals surface area contributed by atoms with Gasteiger partial charge in [-0.2, -0.15) is 0 Å². The Hall–Kier alpha value is -3.68. The van der Waals surface area contributed by atoms with Gasteiger partial charge in [-0.15, -0.1) is 0 Å². The van der Waals surface area contributed by atoms with Crippen LogP contribution in [0.2, 0.25) is 0 Å². The smallest absolute Gasteiger partial charge is 0.338 e. The van der Waals surface area contributed by atoms with E-state index in [1.807, 2.05) is 6.07 Å². The van der Waals surface area contributed by atoms with Gasteiger partial charge in [-0.1, -0.05) is 25.8 Å². The lowest BCUT2D eigenvalue weighted by Gasteiger charge is -2.29. The number of methoxy groups -OCH3 is 3. The summed E-state index contributed by atoms with van der Waals surface area (Å²) in [6, 6.07) is 11.2. The van der Waals surface area contributed by atoms with Gasteiger partial charge in [0.25, 0.3) is 0 Å². The minimum absolute atomic E-state index is 0.279. The quantitative estimate of drug-likeness (QED) is 0.413. The van der Waals surface area contributed by atoms with Crippen LogP contribution in [0.4, 0.5) is 4.79 Å². The first-order chi connectivity index (χ1) is 16.0. The molecule has 0 bridgehead atoms. The van der Waals surface area contributed by atoms with Crippen molar-refractivity contribution in [1.29, 1.82) is 0 Å². The molecule has 176 valence electrons. The Morgan fingerprint density at radius 1 is 0.970 bits per heavy atom. The van der Waals surface area contributed by atoms with Gasteiger partial charge in [-0.25, -0.2) is 9.59 Å². The lowest BCUT2D eigenvalue weighted by Crippen LogP contribution is -2.45. The summed E-state index contributed by atoms with van der Waals surface area (Å²) < 4.78 is 21.7. The van der Waals surface area contributed by atoms with E-state index in [0.717, 1.165) is 19.3 Å². The standard InChI is InChI=1S/C25H30N2O6/c1-5-6-7-14-33-19-13-10-17(15-20(19)31-3)23-21(24(28)32-4)22(26-25(29)27-23)16-8-11-18(30-2)12-9-16/h8-13,15,23H,5-7,14H2,1-4H3,(H2,26,27,29). The summed E-state index contributed by atoms with van der Waals surface area (Å²) in [5.41, 5.74) is 1.96. The third-order valence-electron chi connectivity index (χ3n) is 5.38. The largest absolute Gasteiger partial charge is 0.497 e. The minimum Gasteiger partial charge on any atom is -0.497 e. The first-order valence-corrected chi connectivity index (χ1v) is 10.9. The molecule has 0 aliphatic carbocycles. The van der Waals surface area contributed by atoms with E-state index >= 15 is 0 Å². The summed E-state index contributed by atoms with van der Waals surface area (Å²) in [5, 5.41) is 5.57. The highest BCUT2D eigenvalue weighted by molar-refractivity contribution is 6.04. The second-order valence-corrected chi connectivity index (χ2v) is 7.51. The van der Waals surface area contributed by atoms with Gasteiger partial charge < -0.3 is 29.6 Å². The molecule has 2 N–H and O–H groups in total. The van der Waals surface area contributed by atoms with Crippen LogP contribution in [0, 0.1) is 0 Å². The van der Waals surface area contributed by atoms with Crippen LogP contribution in [0.15, 0.2) is 48.0 Å². The number of nitrogens with one attached hydrogen (secondary N) is 2. The fraction of sp³-hybridized carbons (Fsp3) is 0.360. The third kappa shape index (κ3) is 5.58. The Morgan fingerprint density at radius 2 is 1.73 bits per heavy atom. The van der Waals surface area contributed by atoms with Gasteiger partial charge >= 0.3 is 12.0 Å². The molecule has 8 nitrogen and oxygen atoms in total. The van der Waals surface area contributed by atoms with Crippen LogP contribution >= 0.6 is 0 Å². The highest BCUT2D eigenvalue weighted by Gasteiger charge is 2.34. The molecule has 1 atom stereocenters. The van der Waals surface area contributed by atoms with Crippen molar-refractivity contribution < 1.29 is 28.5 Å². The van der Waals surface area contributed by atoms with E-state index in [1.54, 1.807) is 50.6 Å². The molecule has 0 fully saturated rings. The topological polar surface area (TPSA) is 95.1 Å². The number of hydrogen-bond acceptors (Lipinski definition) is 6. The van der Waals surface area contributed by atoms with Gasteiger partial charge in [-0.3, -0.25) is 0 Å². The van der Waals surface area contributed by atoms with Crippen LogP contribution in [0.25, 0.3) is 5.70 Å². The Kier molecular flexibility index (Phi) is 8.18. The fourth-order valence-corrected chi connectivity index (χ4v) is 3.65. The SMILES string of the molecule is CCCCCOc1ccc(C2NC(=O)NC(c3ccc(OC)cc3)=C2C(=O)OC)cc1OC. The molecule has 0 radical (unpaired) electrons. The maximum Gasteiger partial charge on any atom is 0.338 e. The van der Waals surface area contributed by atoms with Crippen molar-refractivity contribution >= 4 is 17.7 Å². The molecule has 3 rings (SSSR count). The van der Waals surface area contributed by atoms with E-state index in [9.17, 15) is 9.59 Å². The number of ether oxygens (including phenoxy) is 4. The lowest BCUT2D eigenvalue weighted by atomic mass is 9.92. The van der Waals surface area contributed by atoms with Crippen molar-refractivity contribution in [2.24, 2.45) is 0 Å². The number of carbonyl (C=O) groups is 2. The van der Waals surface area contributed by atoms with Crippen molar-refractivity contribution in [3.63, 3.8) is 0 Å². The van der Waals surface area contributed by atoms with Crippen LogP contribution in [0.5, 0.6) is 17.2 Å². The zero-order valence-electron chi connectivity index (χ0n) is 19.4. The van der Waals surface area contributed by atoms with Gasteiger partial charge in [0.15, 0.2) is 11.5 Å². The van der Waals surface area contributed by atoms with E-state index in [-0.39, 0.29) is 5.57 Å². The molecule has 1 heterocycles. The summed E-state index contributed by atoms with van der Waals surface area (Å²) in [6.07, 6.45) is 3.14.